The van der Waals surface area contributed by atoms with E-state index in [1.807, 2.05) is 0 Å². The Kier molecular flexibility index (Phi) is 7.67. The highest BCUT2D eigenvalue weighted by atomic mass is 16.5. The molecule has 31 heavy (non-hydrogen) atoms. The molecule has 2 aromatic carbocycles. The lowest BCUT2D eigenvalue weighted by Gasteiger charge is -2.27. The van der Waals surface area contributed by atoms with Crippen molar-refractivity contribution < 1.29 is 23.8 Å². The average Bonchev–Trinajstić information content (AvgIpc) is 2.78. The molecule has 7 heteroatoms. The van der Waals surface area contributed by atoms with Gasteiger partial charge in [0.2, 0.25) is 0 Å². The fraction of sp³-hybridized carbons (Fsp3) is 0.333. The largest absolute Gasteiger partial charge is 0.459 e. The first kappa shape index (κ1) is 22.4. The van der Waals surface area contributed by atoms with E-state index in [-0.39, 0.29) is 24.8 Å². The number of esters is 2. The van der Waals surface area contributed by atoms with Crippen LogP contribution in [0.2, 0.25) is 0 Å². The zero-order chi connectivity index (χ0) is 22.2. The standard InChI is InChI=1S/C24H28N2O5/c1-29-20-9-11-21(12-10-20)31-24(28)17-5-2-16(3-6-17)4-13-23(27)30-15-18-7-8-19(25)14-22(18)26/h2-8,13-14,20-21H,9-12,15,25-26H2,1H3. The van der Waals surface area contributed by atoms with Crippen molar-refractivity contribution in [1.29, 1.82) is 0 Å². The number of nitrogen functional groups attached to an aromatic ring is 2. The maximum atomic E-state index is 12.3. The Morgan fingerprint density at radius 1 is 1.00 bits per heavy atom. The van der Waals surface area contributed by atoms with Crippen LogP contribution in [0.5, 0.6) is 0 Å². The van der Waals surface area contributed by atoms with Crippen molar-refractivity contribution in [3.05, 3.63) is 65.2 Å². The van der Waals surface area contributed by atoms with E-state index in [0.29, 0.717) is 22.5 Å². The second-order valence-corrected chi connectivity index (χ2v) is 7.56. The van der Waals surface area contributed by atoms with Crippen molar-refractivity contribution in [1.82, 2.24) is 0 Å². The first-order valence-corrected chi connectivity index (χ1v) is 10.3. The predicted octanol–water partition coefficient (Wildman–Crippen LogP) is 3.72. The van der Waals surface area contributed by atoms with Gasteiger partial charge in [-0.25, -0.2) is 9.59 Å². The van der Waals surface area contributed by atoms with Crippen LogP contribution in [0.1, 0.15) is 47.2 Å². The molecule has 0 radical (unpaired) electrons. The molecule has 0 aromatic heterocycles. The van der Waals surface area contributed by atoms with Crippen molar-refractivity contribution >= 4 is 29.4 Å². The number of hydrogen-bond donors (Lipinski definition) is 2. The second kappa shape index (κ2) is 10.6. The van der Waals surface area contributed by atoms with Crippen LogP contribution in [0, 0.1) is 0 Å². The number of anilines is 2. The quantitative estimate of drug-likeness (QED) is 0.395. The number of carbonyl (C=O) groups is 2. The lowest BCUT2D eigenvalue weighted by molar-refractivity contribution is -0.138. The van der Waals surface area contributed by atoms with Gasteiger partial charge in [0.05, 0.1) is 11.7 Å². The minimum Gasteiger partial charge on any atom is -0.459 e. The third-order valence-corrected chi connectivity index (χ3v) is 5.33. The lowest BCUT2D eigenvalue weighted by atomic mass is 9.95. The second-order valence-electron chi connectivity index (χ2n) is 7.56. The van der Waals surface area contributed by atoms with Crippen molar-refractivity contribution in [3.8, 4) is 0 Å². The maximum Gasteiger partial charge on any atom is 0.338 e. The zero-order valence-electron chi connectivity index (χ0n) is 17.6. The van der Waals surface area contributed by atoms with Gasteiger partial charge in [0.25, 0.3) is 0 Å². The van der Waals surface area contributed by atoms with Gasteiger partial charge in [-0.2, -0.15) is 0 Å². The van der Waals surface area contributed by atoms with Gasteiger partial charge in [-0.15, -0.1) is 0 Å². The molecule has 1 aliphatic rings. The molecule has 0 aliphatic heterocycles. The van der Waals surface area contributed by atoms with Gasteiger partial charge in [-0.05, 0) is 61.6 Å². The van der Waals surface area contributed by atoms with Gasteiger partial charge in [-0.3, -0.25) is 0 Å². The Labute approximate surface area is 182 Å². The monoisotopic (exact) mass is 424 g/mol. The SMILES string of the molecule is COC1CCC(OC(=O)c2ccc(C=CC(=O)OCc3ccc(N)cc3N)cc2)CC1. The number of methoxy groups -OCH3 is 1. The topological polar surface area (TPSA) is 114 Å². The van der Waals surface area contributed by atoms with Crippen molar-refractivity contribution in [2.24, 2.45) is 0 Å². The van der Waals surface area contributed by atoms with Gasteiger partial charge < -0.3 is 25.7 Å². The number of hydrogen-bond acceptors (Lipinski definition) is 7. The Bertz CT molecular complexity index is 931. The maximum absolute atomic E-state index is 12.3. The van der Waals surface area contributed by atoms with Crippen LogP contribution in [0.15, 0.2) is 48.5 Å². The third-order valence-electron chi connectivity index (χ3n) is 5.33. The van der Waals surface area contributed by atoms with E-state index >= 15 is 0 Å². The van der Waals surface area contributed by atoms with Crippen molar-refractivity contribution in [3.63, 3.8) is 0 Å². The molecule has 0 atom stereocenters. The highest BCUT2D eigenvalue weighted by Gasteiger charge is 2.24. The molecule has 0 heterocycles. The fourth-order valence-electron chi connectivity index (χ4n) is 3.44. The zero-order valence-corrected chi connectivity index (χ0v) is 17.6. The molecule has 3 rings (SSSR count). The molecule has 0 unspecified atom stereocenters. The van der Waals surface area contributed by atoms with Crippen molar-refractivity contribution in [2.75, 3.05) is 18.6 Å². The van der Waals surface area contributed by atoms with Crippen LogP contribution in [-0.4, -0.2) is 31.3 Å². The number of benzene rings is 2. The van der Waals surface area contributed by atoms with Crippen LogP contribution in [0.25, 0.3) is 6.08 Å². The third kappa shape index (κ3) is 6.58. The molecule has 1 saturated carbocycles. The summed E-state index contributed by atoms with van der Waals surface area (Å²) in [5.74, 6) is -0.830. The van der Waals surface area contributed by atoms with Crippen molar-refractivity contribution in [2.45, 2.75) is 44.5 Å². The Morgan fingerprint density at radius 2 is 1.68 bits per heavy atom. The summed E-state index contributed by atoms with van der Waals surface area (Å²) in [4.78, 5) is 24.3. The number of ether oxygens (including phenoxy) is 3. The van der Waals surface area contributed by atoms with Crippen LogP contribution < -0.4 is 11.5 Å². The molecule has 1 aliphatic carbocycles. The Hall–Kier alpha value is -3.32. The van der Waals surface area contributed by atoms with Crippen LogP contribution in [0.4, 0.5) is 11.4 Å². The Morgan fingerprint density at radius 3 is 2.32 bits per heavy atom. The van der Waals surface area contributed by atoms with E-state index < -0.39 is 5.97 Å². The van der Waals surface area contributed by atoms with Gasteiger partial charge in [0.15, 0.2) is 0 Å². The van der Waals surface area contributed by atoms with E-state index in [1.165, 1.54) is 6.08 Å². The van der Waals surface area contributed by atoms with E-state index in [4.69, 9.17) is 25.7 Å². The molecule has 2 aromatic rings. The molecule has 7 nitrogen and oxygen atoms in total. The first-order chi connectivity index (χ1) is 14.9. The number of nitrogens with two attached hydrogens (primary N) is 2. The van der Waals surface area contributed by atoms with Gasteiger partial charge in [0, 0.05) is 30.1 Å². The van der Waals surface area contributed by atoms with E-state index in [2.05, 4.69) is 0 Å². The summed E-state index contributed by atoms with van der Waals surface area (Å²) in [5, 5.41) is 0. The summed E-state index contributed by atoms with van der Waals surface area (Å²) < 4.78 is 16.1. The molecule has 4 N–H and O–H groups in total. The van der Waals surface area contributed by atoms with Crippen LogP contribution >= 0.6 is 0 Å². The predicted molar refractivity (Wildman–Crippen MR) is 119 cm³/mol. The summed E-state index contributed by atoms with van der Waals surface area (Å²) in [6, 6.07) is 11.9. The summed E-state index contributed by atoms with van der Waals surface area (Å²) in [7, 11) is 1.71. The first-order valence-electron chi connectivity index (χ1n) is 10.3. The molecule has 0 amide bonds. The number of carbonyl (C=O) groups excluding carboxylic acids is 2. The van der Waals surface area contributed by atoms with Gasteiger partial charge >= 0.3 is 11.9 Å². The minimum absolute atomic E-state index is 0.0619. The normalized spacial score (nSPS) is 18.6. The number of rotatable bonds is 7. The highest BCUT2D eigenvalue weighted by molar-refractivity contribution is 5.90. The average molecular weight is 424 g/mol. The Balaban J connectivity index is 1.47. The highest BCUT2D eigenvalue weighted by Crippen LogP contribution is 2.24. The van der Waals surface area contributed by atoms with E-state index in [0.717, 1.165) is 31.2 Å². The summed E-state index contributed by atoms with van der Waals surface area (Å²) in [5.41, 5.74) is 14.5. The lowest BCUT2D eigenvalue weighted by Crippen LogP contribution is -2.27. The van der Waals surface area contributed by atoms with Crippen LogP contribution in [0.3, 0.4) is 0 Å². The summed E-state index contributed by atoms with van der Waals surface area (Å²) in [6.45, 7) is 0.0619. The minimum atomic E-state index is -0.494. The summed E-state index contributed by atoms with van der Waals surface area (Å²) in [6.07, 6.45) is 6.58. The molecule has 1 fully saturated rings. The van der Waals surface area contributed by atoms with E-state index in [9.17, 15) is 9.59 Å². The molecule has 0 bridgehead atoms. The smallest absolute Gasteiger partial charge is 0.338 e. The molecular formula is C24H28N2O5. The molecule has 0 saturated heterocycles. The van der Waals surface area contributed by atoms with Gasteiger partial charge in [-0.1, -0.05) is 18.2 Å². The van der Waals surface area contributed by atoms with Crippen LogP contribution in [-0.2, 0) is 25.6 Å². The molecular weight excluding hydrogens is 396 g/mol. The molecule has 164 valence electrons. The van der Waals surface area contributed by atoms with Gasteiger partial charge in [0.1, 0.15) is 12.7 Å². The summed E-state index contributed by atoms with van der Waals surface area (Å²) >= 11 is 0. The molecule has 0 spiro atoms. The van der Waals surface area contributed by atoms with E-state index in [1.54, 1.807) is 55.7 Å². The fourth-order valence-corrected chi connectivity index (χ4v) is 3.44.